The van der Waals surface area contributed by atoms with Crippen molar-refractivity contribution in [2.75, 3.05) is 28.6 Å². The number of nitrogens with zero attached hydrogens (tertiary/aromatic N) is 3. The number of hydrogen-bond acceptors (Lipinski definition) is 4. The number of halogens is 3. The molecule has 0 bridgehead atoms. The molecular formula is C22H20F3N5O. The number of anilines is 3. The van der Waals surface area contributed by atoms with Gasteiger partial charge >= 0.3 is 12.2 Å². The summed E-state index contributed by atoms with van der Waals surface area (Å²) in [5.41, 5.74) is 1.46. The van der Waals surface area contributed by atoms with Crippen LogP contribution in [0.3, 0.4) is 0 Å². The predicted molar refractivity (Wildman–Crippen MR) is 113 cm³/mol. The van der Waals surface area contributed by atoms with E-state index in [0.29, 0.717) is 11.4 Å². The average Bonchev–Trinajstić information content (AvgIpc) is 3.29. The first-order chi connectivity index (χ1) is 14.9. The van der Waals surface area contributed by atoms with E-state index in [-0.39, 0.29) is 5.69 Å². The third kappa shape index (κ3) is 5.11. The summed E-state index contributed by atoms with van der Waals surface area (Å²) in [6, 6.07) is 14.6. The molecular weight excluding hydrogens is 407 g/mol. The number of carbonyl (C=O) groups is 1. The zero-order chi connectivity index (χ0) is 21.8. The van der Waals surface area contributed by atoms with Crippen LogP contribution >= 0.6 is 0 Å². The molecule has 0 unspecified atom stereocenters. The number of hydrogen-bond donors (Lipinski definition) is 2. The van der Waals surface area contributed by atoms with Crippen LogP contribution in [-0.4, -0.2) is 29.3 Å². The van der Waals surface area contributed by atoms with Gasteiger partial charge in [0.15, 0.2) is 5.82 Å². The molecule has 160 valence electrons. The van der Waals surface area contributed by atoms with Gasteiger partial charge in [-0.1, -0.05) is 12.1 Å². The lowest BCUT2D eigenvalue weighted by molar-refractivity contribution is -0.137. The van der Waals surface area contributed by atoms with Gasteiger partial charge in [-0.3, -0.25) is 0 Å². The Kier molecular flexibility index (Phi) is 5.75. The summed E-state index contributed by atoms with van der Waals surface area (Å²) in [5, 5.41) is 13.8. The Hall–Kier alpha value is -3.62. The van der Waals surface area contributed by atoms with Crippen LogP contribution in [0.15, 0.2) is 60.7 Å². The molecule has 1 fully saturated rings. The minimum absolute atomic E-state index is 0.255. The number of aromatic nitrogens is 2. The van der Waals surface area contributed by atoms with Gasteiger partial charge in [-0.05, 0) is 61.4 Å². The number of nitrogens with one attached hydrogen (secondary N) is 2. The van der Waals surface area contributed by atoms with Crippen LogP contribution in [0.2, 0.25) is 0 Å². The molecule has 1 saturated heterocycles. The Morgan fingerprint density at radius 1 is 0.871 bits per heavy atom. The van der Waals surface area contributed by atoms with Crippen molar-refractivity contribution in [3.8, 4) is 11.3 Å². The van der Waals surface area contributed by atoms with Crippen molar-refractivity contribution < 1.29 is 18.0 Å². The lowest BCUT2D eigenvalue weighted by Crippen LogP contribution is -2.19. The van der Waals surface area contributed by atoms with E-state index >= 15 is 0 Å². The summed E-state index contributed by atoms with van der Waals surface area (Å²) in [6.07, 6.45) is -2.10. The number of benzene rings is 2. The van der Waals surface area contributed by atoms with Crippen molar-refractivity contribution in [3.05, 3.63) is 66.2 Å². The molecule has 0 aliphatic carbocycles. The molecule has 1 aliphatic heterocycles. The molecule has 6 nitrogen and oxygen atoms in total. The van der Waals surface area contributed by atoms with Gasteiger partial charge in [0.25, 0.3) is 0 Å². The molecule has 0 radical (unpaired) electrons. The molecule has 2 heterocycles. The molecule has 9 heteroatoms. The summed E-state index contributed by atoms with van der Waals surface area (Å²) in [6.45, 7) is 1.98. The second kappa shape index (κ2) is 8.63. The zero-order valence-corrected chi connectivity index (χ0v) is 16.5. The molecule has 2 amide bonds. The highest BCUT2D eigenvalue weighted by atomic mass is 19.4. The Balaban J connectivity index is 1.40. The topological polar surface area (TPSA) is 70.2 Å². The lowest BCUT2D eigenvalue weighted by atomic mass is 10.1. The lowest BCUT2D eigenvalue weighted by Gasteiger charge is -2.15. The van der Waals surface area contributed by atoms with Crippen LogP contribution in [0.5, 0.6) is 0 Å². The molecule has 31 heavy (non-hydrogen) atoms. The highest BCUT2D eigenvalue weighted by Crippen LogP contribution is 2.30. The van der Waals surface area contributed by atoms with Gasteiger partial charge in [-0.15, -0.1) is 10.2 Å². The van der Waals surface area contributed by atoms with Gasteiger partial charge in [0.05, 0.1) is 11.3 Å². The number of carbonyl (C=O) groups excluding carboxylic acids is 1. The molecule has 2 aromatic carbocycles. The maximum absolute atomic E-state index is 12.6. The smallest absolute Gasteiger partial charge is 0.355 e. The third-order valence-electron chi connectivity index (χ3n) is 4.97. The van der Waals surface area contributed by atoms with E-state index in [4.69, 9.17) is 0 Å². The molecule has 2 N–H and O–H groups in total. The maximum atomic E-state index is 12.6. The Bertz CT molecular complexity index is 1050. The number of alkyl halides is 3. The monoisotopic (exact) mass is 427 g/mol. The van der Waals surface area contributed by atoms with Crippen molar-refractivity contribution in [1.82, 2.24) is 10.2 Å². The minimum atomic E-state index is -4.42. The number of rotatable bonds is 4. The van der Waals surface area contributed by atoms with E-state index < -0.39 is 17.8 Å². The first-order valence-electron chi connectivity index (χ1n) is 9.83. The van der Waals surface area contributed by atoms with Gasteiger partial charge in [-0.2, -0.15) is 13.2 Å². The van der Waals surface area contributed by atoms with Crippen molar-refractivity contribution in [1.29, 1.82) is 0 Å². The summed E-state index contributed by atoms with van der Waals surface area (Å²) >= 11 is 0. The van der Waals surface area contributed by atoms with E-state index in [1.54, 1.807) is 18.2 Å². The second-order valence-corrected chi connectivity index (χ2v) is 7.21. The van der Waals surface area contributed by atoms with Gasteiger partial charge in [0.1, 0.15) is 0 Å². The summed E-state index contributed by atoms with van der Waals surface area (Å²) in [5.74, 6) is 0.853. The van der Waals surface area contributed by atoms with Crippen LogP contribution < -0.4 is 15.5 Å². The minimum Gasteiger partial charge on any atom is -0.355 e. The molecule has 0 spiro atoms. The van der Waals surface area contributed by atoms with Gasteiger partial charge in [-0.25, -0.2) is 4.79 Å². The Morgan fingerprint density at radius 3 is 2.23 bits per heavy atom. The Morgan fingerprint density at radius 2 is 1.58 bits per heavy atom. The highest BCUT2D eigenvalue weighted by molar-refractivity contribution is 6.00. The van der Waals surface area contributed by atoms with Crippen molar-refractivity contribution in [3.63, 3.8) is 0 Å². The zero-order valence-electron chi connectivity index (χ0n) is 16.5. The summed E-state index contributed by atoms with van der Waals surface area (Å²) < 4.78 is 37.9. The molecule has 3 aromatic rings. The fourth-order valence-corrected chi connectivity index (χ4v) is 3.39. The van der Waals surface area contributed by atoms with Gasteiger partial charge < -0.3 is 15.5 Å². The van der Waals surface area contributed by atoms with E-state index in [1.165, 1.54) is 12.1 Å². The van der Waals surface area contributed by atoms with Crippen molar-refractivity contribution in [2.45, 2.75) is 19.0 Å². The fourth-order valence-electron chi connectivity index (χ4n) is 3.39. The molecule has 4 rings (SSSR count). The summed E-state index contributed by atoms with van der Waals surface area (Å²) in [4.78, 5) is 14.4. The van der Waals surface area contributed by atoms with Gasteiger partial charge in [0, 0.05) is 30.0 Å². The molecule has 0 saturated carbocycles. The van der Waals surface area contributed by atoms with E-state index in [1.807, 2.05) is 18.2 Å². The quantitative estimate of drug-likeness (QED) is 0.584. The number of amides is 2. The van der Waals surface area contributed by atoms with Crippen LogP contribution in [-0.2, 0) is 6.18 Å². The van der Waals surface area contributed by atoms with E-state index in [9.17, 15) is 18.0 Å². The SMILES string of the molecule is O=C(Nc1ccc(C(F)(F)F)cc1)Nc1cccc(-c2ccc(N3CCCC3)nn2)c1. The second-order valence-electron chi connectivity index (χ2n) is 7.21. The first-order valence-corrected chi connectivity index (χ1v) is 9.83. The van der Waals surface area contributed by atoms with Gasteiger partial charge in [0.2, 0.25) is 0 Å². The molecule has 1 aliphatic rings. The predicted octanol–water partition coefficient (Wildman–Crippen LogP) is 5.41. The maximum Gasteiger partial charge on any atom is 0.416 e. The van der Waals surface area contributed by atoms with E-state index in [2.05, 4.69) is 25.7 Å². The number of urea groups is 1. The molecule has 1 aromatic heterocycles. The molecule has 0 atom stereocenters. The average molecular weight is 427 g/mol. The van der Waals surface area contributed by atoms with Crippen LogP contribution in [0.25, 0.3) is 11.3 Å². The fraction of sp³-hybridized carbons (Fsp3) is 0.227. The Labute approximate surface area is 177 Å². The standard InChI is InChI=1S/C22H20F3N5O/c23-22(24,25)16-6-8-17(9-7-16)26-21(31)27-18-5-3-4-15(14-18)19-10-11-20(29-28-19)30-12-1-2-13-30/h3-11,14H,1-2,12-13H2,(H2,26,27,31). The van der Waals surface area contributed by atoms with E-state index in [0.717, 1.165) is 49.4 Å². The van der Waals surface area contributed by atoms with Crippen molar-refractivity contribution >= 4 is 23.2 Å². The third-order valence-corrected chi connectivity index (χ3v) is 4.97. The normalized spacial score (nSPS) is 13.8. The summed E-state index contributed by atoms with van der Waals surface area (Å²) in [7, 11) is 0. The van der Waals surface area contributed by atoms with Crippen molar-refractivity contribution in [2.24, 2.45) is 0 Å². The van der Waals surface area contributed by atoms with Crippen LogP contribution in [0, 0.1) is 0 Å². The first kappa shape index (κ1) is 20.6. The van der Waals surface area contributed by atoms with Crippen LogP contribution in [0.1, 0.15) is 18.4 Å². The largest absolute Gasteiger partial charge is 0.416 e. The van der Waals surface area contributed by atoms with Crippen LogP contribution in [0.4, 0.5) is 35.2 Å². The highest BCUT2D eigenvalue weighted by Gasteiger charge is 2.30.